The van der Waals surface area contributed by atoms with Crippen molar-refractivity contribution < 1.29 is 4.74 Å². The maximum absolute atomic E-state index is 5.54. The number of ether oxygens (including phenoxy) is 1. The van der Waals surface area contributed by atoms with Crippen molar-refractivity contribution >= 4 is 0 Å². The van der Waals surface area contributed by atoms with Crippen molar-refractivity contribution in [1.29, 1.82) is 0 Å². The van der Waals surface area contributed by atoms with E-state index in [4.69, 9.17) is 9.72 Å². The van der Waals surface area contributed by atoms with Crippen LogP contribution in [0.5, 0.6) is 5.75 Å². The van der Waals surface area contributed by atoms with Crippen molar-refractivity contribution in [1.82, 2.24) is 4.98 Å². The van der Waals surface area contributed by atoms with Crippen LogP contribution >= 0.6 is 0 Å². The van der Waals surface area contributed by atoms with Crippen LogP contribution in [0, 0.1) is 52.3 Å². The highest BCUT2D eigenvalue weighted by molar-refractivity contribution is 5.75. The molecule has 0 spiro atoms. The van der Waals surface area contributed by atoms with E-state index in [1.165, 1.54) is 92.2 Å². The molecule has 4 aliphatic carbocycles. The number of benzene rings is 2. The van der Waals surface area contributed by atoms with Gasteiger partial charge in [-0.3, -0.25) is 4.98 Å². The molecule has 3 aromatic rings. The first kappa shape index (κ1) is 31.0. The molecule has 0 aliphatic heterocycles. The van der Waals surface area contributed by atoms with Crippen LogP contribution in [0.1, 0.15) is 104 Å². The second-order valence-corrected chi connectivity index (χ2v) is 16.6. The lowest BCUT2D eigenvalue weighted by Crippen LogP contribution is -2.54. The molecule has 3 saturated carbocycles. The highest BCUT2D eigenvalue weighted by Crippen LogP contribution is 2.68. The first-order valence-corrected chi connectivity index (χ1v) is 18.4. The number of fused-ring (bicyclic) bond motifs is 6. The van der Waals surface area contributed by atoms with Crippen molar-refractivity contribution in [3.8, 4) is 28.1 Å². The lowest BCUT2D eigenvalue weighted by atomic mass is 9.44. The summed E-state index contributed by atoms with van der Waals surface area (Å²) in [5, 5.41) is 0. The van der Waals surface area contributed by atoms with Crippen LogP contribution in [0.25, 0.3) is 22.4 Å². The highest BCUT2D eigenvalue weighted by atomic mass is 16.5. The lowest BCUT2D eigenvalue weighted by Gasteiger charge is -2.61. The van der Waals surface area contributed by atoms with Gasteiger partial charge in [0.05, 0.1) is 12.8 Å². The number of hydrogen-bond donors (Lipinski definition) is 0. The van der Waals surface area contributed by atoms with Crippen molar-refractivity contribution in [2.75, 3.05) is 7.11 Å². The van der Waals surface area contributed by atoms with Gasteiger partial charge >= 0.3 is 0 Å². The maximum atomic E-state index is 5.54. The molecular formula is C43H57NO. The minimum absolute atomic E-state index is 0.357. The van der Waals surface area contributed by atoms with Crippen LogP contribution in [-0.2, 0) is 12.8 Å². The van der Waals surface area contributed by atoms with Gasteiger partial charge in [-0.05, 0) is 139 Å². The predicted molar refractivity (Wildman–Crippen MR) is 188 cm³/mol. The summed E-state index contributed by atoms with van der Waals surface area (Å²) in [4.78, 5) is 5.43. The Kier molecular flexibility index (Phi) is 8.41. The Labute approximate surface area is 273 Å². The zero-order chi connectivity index (χ0) is 31.3. The zero-order valence-electron chi connectivity index (χ0n) is 28.9. The summed E-state index contributed by atoms with van der Waals surface area (Å²) in [5.41, 5.74) is 8.81. The molecule has 3 fully saturated rings. The van der Waals surface area contributed by atoms with Crippen molar-refractivity contribution in [3.05, 3.63) is 71.9 Å². The fourth-order valence-electron chi connectivity index (χ4n) is 11.6. The molecule has 8 atom stereocenters. The predicted octanol–water partition coefficient (Wildman–Crippen LogP) is 11.5. The number of rotatable bonds is 8. The summed E-state index contributed by atoms with van der Waals surface area (Å²) in [6, 6.07) is 22.0. The number of aromatic nitrogens is 1. The Morgan fingerprint density at radius 2 is 1.58 bits per heavy atom. The van der Waals surface area contributed by atoms with Gasteiger partial charge in [-0.25, -0.2) is 0 Å². The smallest absolute Gasteiger partial charge is 0.118 e. The summed E-state index contributed by atoms with van der Waals surface area (Å²) >= 11 is 0. The first-order chi connectivity index (χ1) is 21.7. The van der Waals surface area contributed by atoms with E-state index >= 15 is 0 Å². The minimum Gasteiger partial charge on any atom is -0.497 e. The highest BCUT2D eigenvalue weighted by Gasteiger charge is 2.60. The number of pyridine rings is 1. The molecule has 2 nitrogen and oxygen atoms in total. The molecular weight excluding hydrogens is 546 g/mol. The van der Waals surface area contributed by atoms with Crippen molar-refractivity contribution in [2.45, 2.75) is 105 Å². The molecule has 2 aromatic carbocycles. The van der Waals surface area contributed by atoms with Crippen molar-refractivity contribution in [2.24, 2.45) is 52.3 Å². The van der Waals surface area contributed by atoms with Crippen LogP contribution in [0.2, 0.25) is 0 Å². The normalized spacial score (nSPS) is 32.7. The summed E-state index contributed by atoms with van der Waals surface area (Å²) in [5.74, 6) is 6.96. The van der Waals surface area contributed by atoms with E-state index in [1.54, 1.807) is 7.11 Å². The fraction of sp³-hybridized carbons (Fsp3) is 0.605. The molecule has 7 rings (SSSR count). The molecule has 0 bridgehead atoms. The van der Waals surface area contributed by atoms with Gasteiger partial charge in [0.1, 0.15) is 5.75 Å². The largest absolute Gasteiger partial charge is 0.497 e. The van der Waals surface area contributed by atoms with E-state index in [-0.39, 0.29) is 0 Å². The Bertz CT molecular complexity index is 1480. The van der Waals surface area contributed by atoms with E-state index in [1.807, 2.05) is 0 Å². The maximum Gasteiger partial charge on any atom is 0.118 e. The van der Waals surface area contributed by atoms with Gasteiger partial charge in [0.2, 0.25) is 0 Å². The Balaban J connectivity index is 1.20. The average molecular weight is 604 g/mol. The third-order valence-corrected chi connectivity index (χ3v) is 13.9. The first-order valence-electron chi connectivity index (χ1n) is 18.4. The van der Waals surface area contributed by atoms with Gasteiger partial charge in [0.15, 0.2) is 0 Å². The number of nitrogens with zero attached hydrogens (tertiary/aromatic N) is 1. The molecule has 3 unspecified atom stereocenters. The molecule has 0 radical (unpaired) electrons. The van der Waals surface area contributed by atoms with Crippen LogP contribution in [0.3, 0.4) is 0 Å². The molecule has 45 heavy (non-hydrogen) atoms. The summed E-state index contributed by atoms with van der Waals surface area (Å²) in [6.07, 6.45) is 15.2. The quantitative estimate of drug-likeness (QED) is 0.255. The van der Waals surface area contributed by atoms with E-state index in [0.717, 1.165) is 59.3 Å². The monoisotopic (exact) mass is 603 g/mol. The lowest BCUT2D eigenvalue weighted by molar-refractivity contribution is -0.103. The standard InChI is InChI=1S/C43H57NO/c1-28(2)11-10-12-29(3)37-21-22-38-34-20-17-32-25-41-36(27-43(32,5)39(34)23-24-42(37,38)4)35(30-15-18-33(45-6)19-16-30)26-40(44-41)31-13-8-7-9-14-31/h7-9,13-16,18-19,26,28-29,32,34,37-39H,10-12,17,20-25,27H2,1-6H3/t29-,32-,34?,37+,38?,39?,42+,43-/m0/s1. The molecule has 240 valence electrons. The Hall–Kier alpha value is -2.61. The van der Waals surface area contributed by atoms with Crippen molar-refractivity contribution in [3.63, 3.8) is 0 Å². The number of hydrogen-bond acceptors (Lipinski definition) is 2. The van der Waals surface area contributed by atoms with E-state index in [2.05, 4.69) is 95.3 Å². The van der Waals surface area contributed by atoms with Crippen LogP contribution < -0.4 is 4.74 Å². The topological polar surface area (TPSA) is 22.1 Å². The van der Waals surface area contributed by atoms with Gasteiger partial charge in [-0.2, -0.15) is 0 Å². The third kappa shape index (κ3) is 5.47. The van der Waals surface area contributed by atoms with Gasteiger partial charge in [-0.1, -0.05) is 96.3 Å². The molecule has 4 aliphatic rings. The third-order valence-electron chi connectivity index (χ3n) is 13.9. The van der Waals surface area contributed by atoms with Crippen LogP contribution in [0.15, 0.2) is 60.7 Å². The second kappa shape index (κ2) is 12.2. The summed E-state index contributed by atoms with van der Waals surface area (Å²) < 4.78 is 5.54. The van der Waals surface area contributed by atoms with Crippen LogP contribution in [0.4, 0.5) is 0 Å². The molecule has 1 heterocycles. The van der Waals surface area contributed by atoms with Gasteiger partial charge in [0.25, 0.3) is 0 Å². The Morgan fingerprint density at radius 3 is 2.31 bits per heavy atom. The molecule has 0 N–H and O–H groups in total. The average Bonchev–Trinajstić information content (AvgIpc) is 3.41. The molecule has 1 aromatic heterocycles. The zero-order valence-corrected chi connectivity index (χ0v) is 28.9. The minimum atomic E-state index is 0.357. The van der Waals surface area contributed by atoms with Gasteiger partial charge in [-0.15, -0.1) is 0 Å². The van der Waals surface area contributed by atoms with Crippen LogP contribution in [-0.4, -0.2) is 12.1 Å². The summed E-state index contributed by atoms with van der Waals surface area (Å²) in [6.45, 7) is 12.8. The molecule has 2 heteroatoms. The van der Waals surface area contributed by atoms with E-state index in [9.17, 15) is 0 Å². The Morgan fingerprint density at radius 1 is 0.822 bits per heavy atom. The fourth-order valence-corrected chi connectivity index (χ4v) is 11.6. The van der Waals surface area contributed by atoms with E-state index in [0.29, 0.717) is 10.8 Å². The summed E-state index contributed by atoms with van der Waals surface area (Å²) in [7, 11) is 1.76. The molecule has 0 amide bonds. The van der Waals surface area contributed by atoms with Gasteiger partial charge < -0.3 is 4.74 Å². The van der Waals surface area contributed by atoms with E-state index < -0.39 is 0 Å². The molecule has 0 saturated heterocycles. The SMILES string of the molecule is COc1ccc(-c2cc(-c3ccccc3)nc3c2C[C@]2(C)C4CC[C@@]5(C)C(CC[C@@H]5[C@@H](C)CCCC(C)C)C4CC[C@H]2C3)cc1. The van der Waals surface area contributed by atoms with Gasteiger partial charge in [0, 0.05) is 11.3 Å². The second-order valence-electron chi connectivity index (χ2n) is 16.6. The number of methoxy groups -OCH3 is 1.